The zero-order chi connectivity index (χ0) is 13.6. The highest BCUT2D eigenvalue weighted by molar-refractivity contribution is 9.10. The Hall–Kier alpha value is -1.06. The van der Waals surface area contributed by atoms with Crippen molar-refractivity contribution in [1.82, 2.24) is 14.5 Å². The molecule has 3 N–H and O–H groups in total. The van der Waals surface area contributed by atoms with Crippen molar-refractivity contribution in [2.24, 2.45) is 0 Å². The summed E-state index contributed by atoms with van der Waals surface area (Å²) in [4.78, 5) is 8.08. The maximum atomic E-state index is 10.0. The number of halogens is 1. The molecule has 102 valence electrons. The molecule has 0 radical (unpaired) electrons. The number of rotatable bonds is 2. The van der Waals surface area contributed by atoms with Crippen molar-refractivity contribution in [3.05, 3.63) is 23.2 Å². The van der Waals surface area contributed by atoms with Gasteiger partial charge >= 0.3 is 0 Å². The predicted molar refractivity (Wildman–Crippen MR) is 68.2 cm³/mol. The van der Waals surface area contributed by atoms with E-state index in [-0.39, 0.29) is 6.61 Å². The zero-order valence-corrected chi connectivity index (χ0v) is 11.3. The Kier molecular flexibility index (Phi) is 3.27. The van der Waals surface area contributed by atoms with Crippen LogP contribution in [-0.2, 0) is 4.74 Å². The zero-order valence-electron chi connectivity index (χ0n) is 9.72. The quantitative estimate of drug-likeness (QED) is 0.705. The van der Waals surface area contributed by atoms with Gasteiger partial charge in [-0.1, -0.05) is 0 Å². The first-order chi connectivity index (χ1) is 9.13. The molecule has 19 heavy (non-hydrogen) atoms. The summed E-state index contributed by atoms with van der Waals surface area (Å²) in [5.74, 6) is 0. The number of fused-ring (bicyclic) bond motifs is 1. The van der Waals surface area contributed by atoms with Crippen molar-refractivity contribution in [3.63, 3.8) is 0 Å². The molecule has 3 rings (SSSR count). The number of ether oxygens (including phenoxy) is 1. The Bertz CT molecular complexity index is 605. The van der Waals surface area contributed by atoms with Crippen molar-refractivity contribution < 1.29 is 20.1 Å². The van der Waals surface area contributed by atoms with Crippen LogP contribution >= 0.6 is 15.9 Å². The number of aliphatic hydroxyl groups is 3. The van der Waals surface area contributed by atoms with E-state index in [2.05, 4.69) is 25.9 Å². The van der Waals surface area contributed by atoms with Gasteiger partial charge in [0.2, 0.25) is 0 Å². The number of aromatic nitrogens is 3. The summed E-state index contributed by atoms with van der Waals surface area (Å²) in [7, 11) is 0. The molecule has 7 nitrogen and oxygen atoms in total. The van der Waals surface area contributed by atoms with E-state index >= 15 is 0 Å². The summed E-state index contributed by atoms with van der Waals surface area (Å²) in [6, 6.07) is 0. The van der Waals surface area contributed by atoms with Gasteiger partial charge in [-0.25, -0.2) is 9.97 Å². The van der Waals surface area contributed by atoms with E-state index in [4.69, 9.17) is 9.84 Å². The minimum absolute atomic E-state index is 0.357. The van der Waals surface area contributed by atoms with E-state index in [9.17, 15) is 10.2 Å². The Labute approximate surface area is 116 Å². The SMILES string of the molecule is OC[C@H]1O[C@@H](n2cc(Br)c3cncnc32)[C@H](O)[C@@H]1O. The topological polar surface area (TPSA) is 101 Å². The first-order valence-electron chi connectivity index (χ1n) is 5.72. The molecule has 1 aliphatic heterocycles. The fourth-order valence-electron chi connectivity index (χ4n) is 2.25. The van der Waals surface area contributed by atoms with Crippen molar-refractivity contribution >= 4 is 27.0 Å². The molecule has 4 atom stereocenters. The number of aliphatic hydroxyl groups excluding tert-OH is 3. The van der Waals surface area contributed by atoms with Crippen molar-refractivity contribution in [2.45, 2.75) is 24.5 Å². The third-order valence-corrected chi connectivity index (χ3v) is 3.87. The van der Waals surface area contributed by atoms with Gasteiger partial charge in [0.15, 0.2) is 6.23 Å². The third kappa shape index (κ3) is 1.96. The van der Waals surface area contributed by atoms with Gasteiger partial charge in [0, 0.05) is 16.9 Å². The van der Waals surface area contributed by atoms with Gasteiger partial charge in [-0.15, -0.1) is 0 Å². The lowest BCUT2D eigenvalue weighted by Gasteiger charge is -2.17. The molecular formula is C11H12BrN3O4. The monoisotopic (exact) mass is 329 g/mol. The fraction of sp³-hybridized carbons (Fsp3) is 0.455. The minimum atomic E-state index is -1.13. The normalized spacial score (nSPS) is 31.2. The van der Waals surface area contributed by atoms with Crippen LogP contribution in [0, 0.1) is 0 Å². The molecular weight excluding hydrogens is 318 g/mol. The molecule has 1 fully saturated rings. The standard InChI is InChI=1S/C11H12BrN3O4/c12-6-2-15(10-5(6)1-13-4-14-10)11-9(18)8(17)7(3-16)19-11/h1-2,4,7-9,11,16-18H,3H2/t7-,8-,9-,11-/m1/s1. The van der Waals surface area contributed by atoms with Gasteiger partial charge in [0.25, 0.3) is 0 Å². The number of hydrogen-bond donors (Lipinski definition) is 3. The van der Waals surface area contributed by atoms with Crippen LogP contribution in [0.5, 0.6) is 0 Å². The number of nitrogens with zero attached hydrogens (tertiary/aromatic N) is 3. The van der Waals surface area contributed by atoms with E-state index in [1.165, 1.54) is 6.33 Å². The van der Waals surface area contributed by atoms with Gasteiger partial charge in [-0.2, -0.15) is 0 Å². The van der Waals surface area contributed by atoms with Crippen molar-refractivity contribution in [3.8, 4) is 0 Å². The minimum Gasteiger partial charge on any atom is -0.394 e. The maximum absolute atomic E-state index is 10.0. The first-order valence-corrected chi connectivity index (χ1v) is 6.51. The van der Waals surface area contributed by atoms with Crippen LogP contribution in [0.25, 0.3) is 11.0 Å². The highest BCUT2D eigenvalue weighted by Crippen LogP contribution is 2.34. The molecule has 1 aliphatic rings. The molecule has 1 saturated heterocycles. The largest absolute Gasteiger partial charge is 0.394 e. The molecule has 0 spiro atoms. The van der Waals surface area contributed by atoms with E-state index in [1.807, 2.05) is 0 Å². The van der Waals surface area contributed by atoms with Gasteiger partial charge in [0.1, 0.15) is 30.3 Å². The maximum Gasteiger partial charge on any atom is 0.164 e. The van der Waals surface area contributed by atoms with Crippen LogP contribution in [0.1, 0.15) is 6.23 Å². The smallest absolute Gasteiger partial charge is 0.164 e. The summed E-state index contributed by atoms with van der Waals surface area (Å²) in [6.45, 7) is -0.357. The Morgan fingerprint density at radius 3 is 2.84 bits per heavy atom. The molecule has 0 unspecified atom stereocenters. The second-order valence-electron chi connectivity index (χ2n) is 4.37. The Morgan fingerprint density at radius 1 is 1.37 bits per heavy atom. The van der Waals surface area contributed by atoms with Crippen LogP contribution in [0.15, 0.2) is 23.2 Å². The lowest BCUT2D eigenvalue weighted by atomic mass is 10.1. The van der Waals surface area contributed by atoms with E-state index in [0.29, 0.717) is 5.65 Å². The highest BCUT2D eigenvalue weighted by Gasteiger charge is 2.43. The molecule has 2 aromatic heterocycles. The number of hydrogen-bond acceptors (Lipinski definition) is 6. The highest BCUT2D eigenvalue weighted by atomic mass is 79.9. The van der Waals surface area contributed by atoms with Crippen molar-refractivity contribution in [1.29, 1.82) is 0 Å². The summed E-state index contributed by atoms with van der Waals surface area (Å²) in [5.41, 5.74) is 0.580. The molecule has 0 aliphatic carbocycles. The third-order valence-electron chi connectivity index (χ3n) is 3.24. The van der Waals surface area contributed by atoms with Crippen LogP contribution in [-0.4, -0.2) is 54.8 Å². The van der Waals surface area contributed by atoms with Crippen LogP contribution in [0.2, 0.25) is 0 Å². The van der Waals surface area contributed by atoms with Crippen LogP contribution < -0.4 is 0 Å². The molecule has 8 heteroatoms. The lowest BCUT2D eigenvalue weighted by Crippen LogP contribution is -2.33. The molecule has 0 amide bonds. The van der Waals surface area contributed by atoms with Crippen molar-refractivity contribution in [2.75, 3.05) is 6.61 Å². The fourth-order valence-corrected chi connectivity index (χ4v) is 2.75. The average Bonchev–Trinajstić information content (AvgIpc) is 2.90. The Morgan fingerprint density at radius 2 is 2.16 bits per heavy atom. The second kappa shape index (κ2) is 4.80. The van der Waals surface area contributed by atoms with Gasteiger partial charge in [0.05, 0.1) is 12.0 Å². The first kappa shape index (κ1) is 12.9. The molecule has 0 aromatic carbocycles. The van der Waals surface area contributed by atoms with Gasteiger partial charge in [-0.05, 0) is 15.9 Å². The van der Waals surface area contributed by atoms with E-state index < -0.39 is 24.5 Å². The van der Waals surface area contributed by atoms with E-state index in [1.54, 1.807) is 17.0 Å². The summed E-state index contributed by atoms with van der Waals surface area (Å²) in [6.07, 6.45) is 0.882. The van der Waals surface area contributed by atoms with E-state index in [0.717, 1.165) is 9.86 Å². The molecule has 0 bridgehead atoms. The second-order valence-corrected chi connectivity index (χ2v) is 5.23. The van der Waals surface area contributed by atoms with Gasteiger partial charge < -0.3 is 24.6 Å². The van der Waals surface area contributed by atoms with Crippen LogP contribution in [0.4, 0.5) is 0 Å². The Balaban J connectivity index is 2.06. The summed E-state index contributed by atoms with van der Waals surface area (Å²) < 4.78 is 7.85. The molecule has 3 heterocycles. The molecule has 0 saturated carbocycles. The molecule has 2 aromatic rings. The van der Waals surface area contributed by atoms with Gasteiger partial charge in [-0.3, -0.25) is 0 Å². The average molecular weight is 330 g/mol. The lowest BCUT2D eigenvalue weighted by molar-refractivity contribution is -0.0509. The van der Waals surface area contributed by atoms with Crippen LogP contribution in [0.3, 0.4) is 0 Å². The summed E-state index contributed by atoms with van der Waals surface area (Å²) in [5, 5.41) is 29.7. The summed E-state index contributed by atoms with van der Waals surface area (Å²) >= 11 is 3.38. The predicted octanol–water partition coefficient (Wildman–Crippen LogP) is -0.195.